The van der Waals surface area contributed by atoms with Crippen molar-refractivity contribution in [1.82, 2.24) is 9.97 Å². The normalized spacial score (nSPS) is 12.5. The van der Waals surface area contributed by atoms with Gasteiger partial charge in [-0.2, -0.15) is 0 Å². The van der Waals surface area contributed by atoms with E-state index in [0.29, 0.717) is 5.69 Å². The number of aromatic nitrogens is 2. The fourth-order valence-electron chi connectivity index (χ4n) is 2.24. The molecular formula is C15H13ClFN3O. The Labute approximate surface area is 125 Å². The van der Waals surface area contributed by atoms with Crippen molar-refractivity contribution < 1.29 is 4.39 Å². The van der Waals surface area contributed by atoms with Crippen LogP contribution in [0.25, 0.3) is 11.0 Å². The maximum absolute atomic E-state index is 13.4. The number of H-pyrrole nitrogens is 2. The smallest absolute Gasteiger partial charge is 0.323 e. The first-order valence-electron chi connectivity index (χ1n) is 6.46. The number of anilines is 1. The van der Waals surface area contributed by atoms with E-state index in [2.05, 4.69) is 15.3 Å². The highest BCUT2D eigenvalue weighted by Crippen LogP contribution is 2.24. The van der Waals surface area contributed by atoms with Gasteiger partial charge in [0.2, 0.25) is 0 Å². The van der Waals surface area contributed by atoms with Crippen molar-refractivity contribution in [3.05, 3.63) is 63.3 Å². The van der Waals surface area contributed by atoms with Crippen molar-refractivity contribution in [2.75, 3.05) is 5.32 Å². The predicted molar refractivity (Wildman–Crippen MR) is 82.4 cm³/mol. The summed E-state index contributed by atoms with van der Waals surface area (Å²) in [7, 11) is 0. The predicted octanol–water partition coefficient (Wildman–Crippen LogP) is 3.82. The summed E-state index contributed by atoms with van der Waals surface area (Å²) in [5, 5.41) is 3.29. The molecule has 1 aromatic heterocycles. The Hall–Kier alpha value is -2.27. The van der Waals surface area contributed by atoms with E-state index < -0.39 is 5.82 Å². The molecule has 0 fully saturated rings. The van der Waals surface area contributed by atoms with Crippen LogP contribution >= 0.6 is 11.6 Å². The Kier molecular flexibility index (Phi) is 3.43. The molecular weight excluding hydrogens is 293 g/mol. The minimum Gasteiger partial charge on any atom is -0.378 e. The van der Waals surface area contributed by atoms with Gasteiger partial charge in [-0.1, -0.05) is 17.7 Å². The van der Waals surface area contributed by atoms with Crippen molar-refractivity contribution >= 4 is 28.3 Å². The minimum absolute atomic E-state index is 0.0478. The van der Waals surface area contributed by atoms with Crippen LogP contribution in [-0.4, -0.2) is 9.97 Å². The summed E-state index contributed by atoms with van der Waals surface area (Å²) in [5.41, 5.74) is 2.89. The quantitative estimate of drug-likeness (QED) is 0.689. The van der Waals surface area contributed by atoms with Crippen LogP contribution in [0.1, 0.15) is 18.5 Å². The highest BCUT2D eigenvalue weighted by atomic mass is 35.5. The van der Waals surface area contributed by atoms with Crippen LogP contribution in [0.4, 0.5) is 10.1 Å². The van der Waals surface area contributed by atoms with Crippen LogP contribution in [-0.2, 0) is 0 Å². The van der Waals surface area contributed by atoms with E-state index in [1.807, 2.05) is 25.1 Å². The Bertz CT molecular complexity index is 855. The van der Waals surface area contributed by atoms with Gasteiger partial charge >= 0.3 is 5.69 Å². The third-order valence-corrected chi connectivity index (χ3v) is 3.65. The summed E-state index contributed by atoms with van der Waals surface area (Å²) in [6.45, 7) is 1.96. The third-order valence-electron chi connectivity index (χ3n) is 3.34. The second kappa shape index (κ2) is 5.26. The summed E-state index contributed by atoms with van der Waals surface area (Å²) in [6.07, 6.45) is 0. The Morgan fingerprint density at radius 1 is 1.14 bits per heavy atom. The minimum atomic E-state index is -0.459. The summed E-state index contributed by atoms with van der Waals surface area (Å²) >= 11 is 5.66. The second-order valence-electron chi connectivity index (χ2n) is 4.88. The number of benzene rings is 2. The molecule has 1 unspecified atom stereocenters. The number of nitrogens with one attached hydrogen (secondary N) is 3. The van der Waals surface area contributed by atoms with E-state index in [9.17, 15) is 9.18 Å². The van der Waals surface area contributed by atoms with Gasteiger partial charge in [0.15, 0.2) is 0 Å². The van der Waals surface area contributed by atoms with E-state index in [1.165, 1.54) is 12.1 Å². The Balaban J connectivity index is 1.87. The number of halogens is 2. The SMILES string of the molecule is CC(Nc1ccc(Cl)c(F)c1)c1ccc2[nH]c(=O)[nH]c2c1. The molecule has 0 amide bonds. The zero-order valence-electron chi connectivity index (χ0n) is 11.2. The van der Waals surface area contributed by atoms with Crippen molar-refractivity contribution in [2.24, 2.45) is 0 Å². The molecule has 0 saturated heterocycles. The average molecular weight is 306 g/mol. The summed E-state index contributed by atoms with van der Waals surface area (Å²) < 4.78 is 13.4. The van der Waals surface area contributed by atoms with Gasteiger partial charge in [-0.15, -0.1) is 0 Å². The Morgan fingerprint density at radius 3 is 2.67 bits per heavy atom. The average Bonchev–Trinajstić information content (AvgIpc) is 2.82. The first kappa shape index (κ1) is 13.7. The molecule has 3 N–H and O–H groups in total. The van der Waals surface area contributed by atoms with E-state index >= 15 is 0 Å². The van der Waals surface area contributed by atoms with Crippen molar-refractivity contribution in [3.8, 4) is 0 Å². The molecule has 3 rings (SSSR count). The monoisotopic (exact) mass is 305 g/mol. The first-order chi connectivity index (χ1) is 10.0. The molecule has 0 aliphatic carbocycles. The lowest BCUT2D eigenvalue weighted by Crippen LogP contribution is -2.06. The highest BCUT2D eigenvalue weighted by Gasteiger charge is 2.09. The van der Waals surface area contributed by atoms with Gasteiger partial charge in [-0.3, -0.25) is 0 Å². The summed E-state index contributed by atoms with van der Waals surface area (Å²) in [4.78, 5) is 16.7. The number of imidazole rings is 1. The zero-order valence-corrected chi connectivity index (χ0v) is 12.0. The lowest BCUT2D eigenvalue weighted by atomic mass is 10.1. The maximum Gasteiger partial charge on any atom is 0.323 e. The lowest BCUT2D eigenvalue weighted by Gasteiger charge is -2.16. The number of fused-ring (bicyclic) bond motifs is 1. The molecule has 0 spiro atoms. The van der Waals surface area contributed by atoms with Gasteiger partial charge in [0.1, 0.15) is 5.82 Å². The molecule has 3 aromatic rings. The molecule has 0 aliphatic heterocycles. The largest absolute Gasteiger partial charge is 0.378 e. The van der Waals surface area contributed by atoms with Gasteiger partial charge in [-0.25, -0.2) is 9.18 Å². The molecule has 0 aliphatic rings. The number of rotatable bonds is 3. The highest BCUT2D eigenvalue weighted by molar-refractivity contribution is 6.30. The molecule has 4 nitrogen and oxygen atoms in total. The standard InChI is InChI=1S/C15H13ClFN3O/c1-8(18-10-3-4-11(16)12(17)7-10)9-2-5-13-14(6-9)20-15(21)19-13/h2-8,18H,1H3,(H2,19,20,21). The molecule has 0 saturated carbocycles. The van der Waals surface area contributed by atoms with Crippen molar-refractivity contribution in [2.45, 2.75) is 13.0 Å². The fraction of sp³-hybridized carbons (Fsp3) is 0.133. The van der Waals surface area contributed by atoms with Gasteiger partial charge in [-0.05, 0) is 42.8 Å². The molecule has 108 valence electrons. The lowest BCUT2D eigenvalue weighted by molar-refractivity contribution is 0.628. The van der Waals surface area contributed by atoms with Crippen molar-refractivity contribution in [1.29, 1.82) is 0 Å². The summed E-state index contributed by atoms with van der Waals surface area (Å²) in [5.74, 6) is -0.459. The second-order valence-corrected chi connectivity index (χ2v) is 5.29. The van der Waals surface area contributed by atoms with Crippen LogP contribution in [0.3, 0.4) is 0 Å². The van der Waals surface area contributed by atoms with Crippen molar-refractivity contribution in [3.63, 3.8) is 0 Å². The van der Waals surface area contributed by atoms with E-state index in [4.69, 9.17) is 11.6 Å². The third kappa shape index (κ3) is 2.78. The fourth-order valence-corrected chi connectivity index (χ4v) is 2.36. The molecule has 1 atom stereocenters. The molecule has 2 aromatic carbocycles. The van der Waals surface area contributed by atoms with Gasteiger partial charge in [0.25, 0.3) is 0 Å². The molecule has 6 heteroatoms. The number of hydrogen-bond acceptors (Lipinski definition) is 2. The zero-order chi connectivity index (χ0) is 15.0. The van der Waals surface area contributed by atoms with Crippen LogP contribution in [0.2, 0.25) is 5.02 Å². The molecule has 1 heterocycles. The van der Waals surface area contributed by atoms with E-state index in [1.54, 1.807) is 6.07 Å². The number of aromatic amines is 2. The molecule has 21 heavy (non-hydrogen) atoms. The van der Waals surface area contributed by atoms with Crippen LogP contribution in [0.5, 0.6) is 0 Å². The summed E-state index contributed by atoms with van der Waals surface area (Å²) in [6, 6.07) is 10.2. The first-order valence-corrected chi connectivity index (χ1v) is 6.84. The van der Waals surface area contributed by atoms with Crippen LogP contribution < -0.4 is 11.0 Å². The van der Waals surface area contributed by atoms with E-state index in [-0.39, 0.29) is 16.8 Å². The van der Waals surface area contributed by atoms with Gasteiger partial charge in [0, 0.05) is 11.7 Å². The van der Waals surface area contributed by atoms with Crippen LogP contribution in [0, 0.1) is 5.82 Å². The number of hydrogen-bond donors (Lipinski definition) is 3. The van der Waals surface area contributed by atoms with Gasteiger partial charge < -0.3 is 15.3 Å². The van der Waals surface area contributed by atoms with E-state index in [0.717, 1.165) is 16.6 Å². The van der Waals surface area contributed by atoms with Crippen LogP contribution in [0.15, 0.2) is 41.2 Å². The maximum atomic E-state index is 13.4. The molecule has 0 bridgehead atoms. The van der Waals surface area contributed by atoms with Gasteiger partial charge in [0.05, 0.1) is 16.1 Å². The topological polar surface area (TPSA) is 60.7 Å². The molecule has 0 radical (unpaired) electrons. The Morgan fingerprint density at radius 2 is 1.90 bits per heavy atom.